The number of rotatable bonds is 3. The minimum Gasteiger partial charge on any atom is -0.290 e. The summed E-state index contributed by atoms with van der Waals surface area (Å²) in [7, 11) is 0. The Kier molecular flexibility index (Phi) is 3.46. The highest BCUT2D eigenvalue weighted by atomic mass is 35.5. The molecule has 0 aliphatic carbocycles. The second-order valence-corrected chi connectivity index (χ2v) is 3.29. The van der Waals surface area contributed by atoms with Gasteiger partial charge in [-0.2, -0.15) is 0 Å². The van der Waals surface area contributed by atoms with Crippen LogP contribution in [0.15, 0.2) is 29.2 Å². The van der Waals surface area contributed by atoms with Crippen molar-refractivity contribution in [1.82, 2.24) is 0 Å². The zero-order valence-electron chi connectivity index (χ0n) is 5.71. The molecular formula is C8H6ClOS. The molecule has 0 aliphatic rings. The van der Waals surface area contributed by atoms with Crippen LogP contribution >= 0.6 is 23.4 Å². The lowest BCUT2D eigenvalue weighted by atomic mass is 10.4. The molecule has 0 unspecified atom stereocenters. The monoisotopic (exact) mass is 185 g/mol. The van der Waals surface area contributed by atoms with Crippen LogP contribution in [-0.4, -0.2) is 12.0 Å². The van der Waals surface area contributed by atoms with Crippen LogP contribution in [0, 0.1) is 0 Å². The highest BCUT2D eigenvalue weighted by Gasteiger charge is 1.97. The van der Waals surface area contributed by atoms with Gasteiger partial charge in [-0.05, 0) is 12.1 Å². The summed E-state index contributed by atoms with van der Waals surface area (Å²) in [5.74, 6) is 0.337. The van der Waals surface area contributed by atoms with E-state index in [2.05, 4.69) is 0 Å². The van der Waals surface area contributed by atoms with Gasteiger partial charge >= 0.3 is 0 Å². The molecule has 1 radical (unpaired) electrons. The molecule has 0 aromatic heterocycles. The molecule has 1 nitrogen and oxygen atoms in total. The predicted molar refractivity (Wildman–Crippen MR) is 47.9 cm³/mol. The van der Waals surface area contributed by atoms with Gasteiger partial charge in [-0.3, -0.25) is 4.79 Å². The lowest BCUT2D eigenvalue weighted by Gasteiger charge is -1.98. The molecule has 0 fully saturated rings. The Labute approximate surface area is 74.7 Å². The molecule has 57 valence electrons. The van der Waals surface area contributed by atoms with Gasteiger partial charge in [-0.1, -0.05) is 23.7 Å². The summed E-state index contributed by atoms with van der Waals surface area (Å²) >= 11 is 7.20. The number of carbonyl (C=O) groups excluding carboxylic acids is 1. The van der Waals surface area contributed by atoms with Crippen molar-refractivity contribution in [2.24, 2.45) is 0 Å². The second-order valence-electron chi connectivity index (χ2n) is 1.86. The van der Waals surface area contributed by atoms with Gasteiger partial charge in [0.2, 0.25) is 6.29 Å². The predicted octanol–water partition coefficient (Wildman–Crippen LogP) is 2.54. The first-order valence-electron chi connectivity index (χ1n) is 3.07. The van der Waals surface area contributed by atoms with Gasteiger partial charge in [0.15, 0.2) is 0 Å². The zero-order valence-corrected chi connectivity index (χ0v) is 7.28. The van der Waals surface area contributed by atoms with Crippen molar-refractivity contribution in [2.45, 2.75) is 4.90 Å². The fourth-order valence-corrected chi connectivity index (χ4v) is 1.56. The fraction of sp³-hybridized carbons (Fsp3) is 0.125. The van der Waals surface area contributed by atoms with E-state index in [0.29, 0.717) is 10.8 Å². The van der Waals surface area contributed by atoms with Gasteiger partial charge in [-0.25, -0.2) is 0 Å². The van der Waals surface area contributed by atoms with E-state index in [4.69, 9.17) is 11.6 Å². The van der Waals surface area contributed by atoms with Crippen LogP contribution in [0.3, 0.4) is 0 Å². The summed E-state index contributed by atoms with van der Waals surface area (Å²) < 4.78 is 0. The van der Waals surface area contributed by atoms with E-state index < -0.39 is 0 Å². The minimum atomic E-state index is 0.337. The smallest absolute Gasteiger partial charge is 0.209 e. The molecule has 0 amide bonds. The third-order valence-corrected chi connectivity index (χ3v) is 2.49. The van der Waals surface area contributed by atoms with E-state index in [9.17, 15) is 4.79 Å². The van der Waals surface area contributed by atoms with Crippen LogP contribution < -0.4 is 0 Å². The van der Waals surface area contributed by atoms with Crippen molar-refractivity contribution < 1.29 is 4.79 Å². The van der Waals surface area contributed by atoms with Gasteiger partial charge in [0.1, 0.15) is 0 Å². The number of halogens is 1. The average Bonchev–Trinajstić information content (AvgIpc) is 2.03. The topological polar surface area (TPSA) is 17.1 Å². The Hall–Kier alpha value is -0.470. The van der Waals surface area contributed by atoms with Crippen molar-refractivity contribution in [3.8, 4) is 0 Å². The Balaban J connectivity index is 2.69. The molecule has 0 saturated heterocycles. The van der Waals surface area contributed by atoms with Crippen LogP contribution in [-0.2, 0) is 4.79 Å². The zero-order chi connectivity index (χ0) is 8.10. The van der Waals surface area contributed by atoms with E-state index in [1.165, 1.54) is 11.8 Å². The summed E-state index contributed by atoms with van der Waals surface area (Å²) in [6.45, 7) is 0. The van der Waals surface area contributed by atoms with Crippen LogP contribution in [0.2, 0.25) is 5.02 Å². The van der Waals surface area contributed by atoms with Gasteiger partial charge in [0.25, 0.3) is 0 Å². The van der Waals surface area contributed by atoms with E-state index in [0.717, 1.165) is 4.90 Å². The second kappa shape index (κ2) is 4.42. The molecule has 3 heteroatoms. The summed E-state index contributed by atoms with van der Waals surface area (Å²) in [6, 6.07) is 7.43. The molecule has 0 spiro atoms. The molecular weight excluding hydrogens is 180 g/mol. The van der Waals surface area contributed by atoms with Gasteiger partial charge < -0.3 is 0 Å². The molecule has 1 aromatic carbocycles. The summed E-state index contributed by atoms with van der Waals surface area (Å²) in [6.07, 6.45) is 1.80. The maximum atomic E-state index is 9.90. The Bertz CT molecular complexity index is 250. The standard InChI is InChI=1S/C8H6ClOS/c9-7-3-1-2-4-8(7)11-6-5-10/h1-4H,6H2. The quantitative estimate of drug-likeness (QED) is 0.674. The van der Waals surface area contributed by atoms with Gasteiger partial charge in [0.05, 0.1) is 10.8 Å². The molecule has 0 N–H and O–H groups in total. The summed E-state index contributed by atoms with van der Waals surface area (Å²) in [5.41, 5.74) is 0. The van der Waals surface area contributed by atoms with Crippen LogP contribution in [0.4, 0.5) is 0 Å². The number of hydrogen-bond donors (Lipinski definition) is 0. The Morgan fingerprint density at radius 2 is 2.18 bits per heavy atom. The van der Waals surface area contributed by atoms with E-state index in [-0.39, 0.29) is 0 Å². The third-order valence-electron chi connectivity index (χ3n) is 1.12. The van der Waals surface area contributed by atoms with E-state index >= 15 is 0 Å². The molecule has 1 aromatic rings. The van der Waals surface area contributed by atoms with Crippen molar-refractivity contribution in [2.75, 3.05) is 5.75 Å². The van der Waals surface area contributed by atoms with Crippen LogP contribution in [0.1, 0.15) is 0 Å². The molecule has 0 bridgehead atoms. The van der Waals surface area contributed by atoms with Crippen molar-refractivity contribution in [1.29, 1.82) is 0 Å². The first kappa shape index (κ1) is 8.62. The normalized spacial score (nSPS) is 9.55. The molecule has 0 saturated carbocycles. The Morgan fingerprint density at radius 1 is 1.45 bits per heavy atom. The van der Waals surface area contributed by atoms with E-state index in [1.807, 2.05) is 18.2 Å². The largest absolute Gasteiger partial charge is 0.290 e. The Morgan fingerprint density at radius 3 is 2.82 bits per heavy atom. The molecule has 11 heavy (non-hydrogen) atoms. The highest BCUT2D eigenvalue weighted by molar-refractivity contribution is 8.00. The molecule has 0 aliphatic heterocycles. The van der Waals surface area contributed by atoms with Crippen LogP contribution in [0.25, 0.3) is 0 Å². The maximum absolute atomic E-state index is 9.90. The third kappa shape index (κ3) is 2.56. The van der Waals surface area contributed by atoms with Gasteiger partial charge in [0, 0.05) is 4.90 Å². The lowest BCUT2D eigenvalue weighted by molar-refractivity contribution is 0.560. The summed E-state index contributed by atoms with van der Waals surface area (Å²) in [5, 5.41) is 0.688. The van der Waals surface area contributed by atoms with Crippen molar-refractivity contribution in [3.05, 3.63) is 29.3 Å². The highest BCUT2D eigenvalue weighted by Crippen LogP contribution is 2.25. The number of benzene rings is 1. The maximum Gasteiger partial charge on any atom is 0.209 e. The molecule has 1 rings (SSSR count). The SMILES string of the molecule is O=[C]CSc1ccccc1Cl. The average molecular weight is 186 g/mol. The minimum absolute atomic E-state index is 0.337. The molecule has 0 atom stereocenters. The lowest BCUT2D eigenvalue weighted by Crippen LogP contribution is -1.79. The molecule has 0 heterocycles. The number of hydrogen-bond acceptors (Lipinski definition) is 2. The summed E-state index contributed by atoms with van der Waals surface area (Å²) in [4.78, 5) is 10.8. The van der Waals surface area contributed by atoms with Crippen LogP contribution in [0.5, 0.6) is 0 Å². The first-order chi connectivity index (χ1) is 5.34. The number of thioether (sulfide) groups is 1. The first-order valence-corrected chi connectivity index (χ1v) is 4.43. The van der Waals surface area contributed by atoms with Gasteiger partial charge in [-0.15, -0.1) is 11.8 Å². The van der Waals surface area contributed by atoms with Crippen molar-refractivity contribution in [3.63, 3.8) is 0 Å². The fourth-order valence-electron chi connectivity index (χ4n) is 0.669. The van der Waals surface area contributed by atoms with Crippen molar-refractivity contribution >= 4 is 29.6 Å². The van der Waals surface area contributed by atoms with E-state index in [1.54, 1.807) is 12.4 Å².